The second-order valence-corrected chi connectivity index (χ2v) is 11.7. The minimum atomic E-state index is 0.272. The third-order valence-corrected chi connectivity index (χ3v) is 9.71. The van der Waals surface area contributed by atoms with Crippen LogP contribution in [0, 0.1) is 13.8 Å². The molecule has 0 aromatic heterocycles. The molecule has 0 unspecified atom stereocenters. The minimum absolute atomic E-state index is 0.272. The minimum Gasteiger partial charge on any atom is -0.342 e. The highest BCUT2D eigenvalue weighted by Crippen LogP contribution is 2.48. The Labute approximate surface area is 236 Å². The zero-order chi connectivity index (χ0) is 26.5. The van der Waals surface area contributed by atoms with E-state index in [0.29, 0.717) is 0 Å². The lowest BCUT2D eigenvalue weighted by Gasteiger charge is -2.43. The summed E-state index contributed by atoms with van der Waals surface area (Å²) >= 11 is 0. The van der Waals surface area contributed by atoms with Gasteiger partial charge >= 0.3 is 0 Å². The van der Waals surface area contributed by atoms with E-state index in [9.17, 15) is 0 Å². The summed E-state index contributed by atoms with van der Waals surface area (Å²) in [6.07, 6.45) is 2.22. The fraction of sp³-hybridized carbons (Fsp3) is 0.167. The van der Waals surface area contributed by atoms with E-state index in [2.05, 4.69) is 126 Å². The smallest absolute Gasteiger partial charge is 0.252 e. The number of aryl methyl sites for hydroxylation is 2. The van der Waals surface area contributed by atoms with E-state index in [1.165, 1.54) is 78.5 Å². The molecular weight excluding hydrogens is 485 g/mol. The molecule has 9 rings (SSSR count). The standard InChI is InChI=1S/C36H30BN3/c1-23-13-15-30-35-28(23)17-19-38(35)32-21-27(40(25-9-5-3-6-10-25)26-11-7-4-8-12-26)22-33-34(32)37(30)31-16-14-24(2)29-18-20-39(33)36(29)31/h3-16,21-22H,17-20H2,1-2H3. The Morgan fingerprint density at radius 1 is 0.575 bits per heavy atom. The lowest BCUT2D eigenvalue weighted by molar-refractivity contribution is 0.983. The maximum Gasteiger partial charge on any atom is 0.252 e. The van der Waals surface area contributed by atoms with Crippen LogP contribution in [0.2, 0.25) is 0 Å². The molecule has 0 fully saturated rings. The van der Waals surface area contributed by atoms with Gasteiger partial charge in [0.25, 0.3) is 6.71 Å². The highest BCUT2D eigenvalue weighted by molar-refractivity contribution is 7.00. The van der Waals surface area contributed by atoms with E-state index in [4.69, 9.17) is 0 Å². The Morgan fingerprint density at radius 3 is 1.52 bits per heavy atom. The fourth-order valence-corrected chi connectivity index (χ4v) is 7.96. The molecule has 40 heavy (non-hydrogen) atoms. The van der Waals surface area contributed by atoms with Gasteiger partial charge in [-0.2, -0.15) is 0 Å². The molecule has 192 valence electrons. The quantitative estimate of drug-likeness (QED) is 0.261. The second kappa shape index (κ2) is 8.05. The summed E-state index contributed by atoms with van der Waals surface area (Å²) in [6.45, 7) is 6.93. The Morgan fingerprint density at radius 2 is 1.05 bits per heavy atom. The summed E-state index contributed by atoms with van der Waals surface area (Å²) in [5, 5.41) is 0. The van der Waals surface area contributed by atoms with Gasteiger partial charge in [0.05, 0.1) is 5.69 Å². The van der Waals surface area contributed by atoms with Crippen molar-refractivity contribution in [2.24, 2.45) is 0 Å². The number of hydrogen-bond donors (Lipinski definition) is 0. The number of anilines is 7. The summed E-state index contributed by atoms with van der Waals surface area (Å²) in [5.74, 6) is 0. The van der Waals surface area contributed by atoms with Crippen molar-refractivity contribution < 1.29 is 0 Å². The maximum atomic E-state index is 2.64. The zero-order valence-electron chi connectivity index (χ0n) is 23.0. The average molecular weight is 515 g/mol. The van der Waals surface area contributed by atoms with Crippen molar-refractivity contribution >= 4 is 62.9 Å². The first-order valence-electron chi connectivity index (χ1n) is 14.6. The van der Waals surface area contributed by atoms with E-state index in [-0.39, 0.29) is 6.71 Å². The van der Waals surface area contributed by atoms with Crippen LogP contribution < -0.4 is 31.1 Å². The Kier molecular flexibility index (Phi) is 4.50. The van der Waals surface area contributed by atoms with Crippen LogP contribution in [0.1, 0.15) is 22.3 Å². The molecule has 0 atom stereocenters. The topological polar surface area (TPSA) is 9.72 Å². The number of hydrogen-bond acceptors (Lipinski definition) is 3. The van der Waals surface area contributed by atoms with Crippen molar-refractivity contribution in [2.75, 3.05) is 27.8 Å². The van der Waals surface area contributed by atoms with Gasteiger partial charge in [-0.15, -0.1) is 0 Å². The first kappa shape index (κ1) is 22.4. The average Bonchev–Trinajstić information content (AvgIpc) is 3.64. The summed E-state index contributed by atoms with van der Waals surface area (Å²) in [5.41, 5.74) is 19.6. The fourth-order valence-electron chi connectivity index (χ4n) is 7.96. The van der Waals surface area contributed by atoms with Crippen LogP contribution in [0.25, 0.3) is 0 Å². The maximum absolute atomic E-state index is 2.64. The molecule has 4 aliphatic heterocycles. The number of benzene rings is 5. The Bertz CT molecular complexity index is 1720. The molecule has 4 aliphatic rings. The Hall–Kier alpha value is -4.44. The molecular formula is C36H30BN3. The number of rotatable bonds is 3. The number of nitrogens with zero attached hydrogens (tertiary/aromatic N) is 3. The van der Waals surface area contributed by atoms with Crippen LogP contribution in [0.5, 0.6) is 0 Å². The molecule has 0 amide bonds. The monoisotopic (exact) mass is 515 g/mol. The molecule has 3 nitrogen and oxygen atoms in total. The van der Waals surface area contributed by atoms with Gasteiger partial charge in [-0.3, -0.25) is 0 Å². The van der Waals surface area contributed by atoms with Crippen molar-refractivity contribution in [2.45, 2.75) is 26.7 Å². The molecule has 4 heterocycles. The van der Waals surface area contributed by atoms with Crippen molar-refractivity contribution in [3.63, 3.8) is 0 Å². The third kappa shape index (κ3) is 2.86. The number of fused-ring (bicyclic) bond motifs is 4. The van der Waals surface area contributed by atoms with Crippen LogP contribution in [-0.4, -0.2) is 19.8 Å². The van der Waals surface area contributed by atoms with Crippen LogP contribution in [0.4, 0.5) is 39.8 Å². The second-order valence-electron chi connectivity index (χ2n) is 11.7. The molecule has 0 bridgehead atoms. The largest absolute Gasteiger partial charge is 0.342 e. The first-order valence-corrected chi connectivity index (χ1v) is 14.6. The molecule has 5 aromatic carbocycles. The summed E-state index contributed by atoms with van der Waals surface area (Å²) in [7, 11) is 0. The van der Waals surface area contributed by atoms with Gasteiger partial charge < -0.3 is 14.7 Å². The van der Waals surface area contributed by atoms with Crippen LogP contribution in [0.15, 0.2) is 97.1 Å². The van der Waals surface area contributed by atoms with E-state index < -0.39 is 0 Å². The summed E-state index contributed by atoms with van der Waals surface area (Å²) in [6, 6.07) is 36.2. The summed E-state index contributed by atoms with van der Waals surface area (Å²) in [4.78, 5) is 7.71. The van der Waals surface area contributed by atoms with Gasteiger partial charge in [0.15, 0.2) is 0 Å². The Balaban J connectivity index is 1.37. The summed E-state index contributed by atoms with van der Waals surface area (Å²) < 4.78 is 0. The first-order chi connectivity index (χ1) is 19.7. The molecule has 0 saturated heterocycles. The van der Waals surface area contributed by atoms with Gasteiger partial charge in [-0.1, -0.05) is 60.7 Å². The number of para-hydroxylation sites is 2. The van der Waals surface area contributed by atoms with E-state index in [1.807, 2.05) is 0 Å². The lowest BCUT2D eigenvalue weighted by atomic mass is 9.33. The SMILES string of the molecule is Cc1ccc2c3c1CCN3c1cc(N(c3ccccc3)c3ccccc3)cc3c1B2c1ccc(C)c2c1N3CC2. The molecule has 5 aromatic rings. The molecule has 0 radical (unpaired) electrons. The van der Waals surface area contributed by atoms with Gasteiger partial charge in [-0.25, -0.2) is 0 Å². The zero-order valence-corrected chi connectivity index (χ0v) is 23.0. The molecule has 0 saturated carbocycles. The van der Waals surface area contributed by atoms with Crippen LogP contribution in [-0.2, 0) is 12.8 Å². The van der Waals surface area contributed by atoms with Crippen molar-refractivity contribution in [3.05, 3.63) is 119 Å². The van der Waals surface area contributed by atoms with Crippen LogP contribution in [0.3, 0.4) is 0 Å². The predicted molar refractivity (Wildman–Crippen MR) is 170 cm³/mol. The van der Waals surface area contributed by atoms with E-state index in [0.717, 1.165) is 25.9 Å². The lowest BCUT2D eigenvalue weighted by Crippen LogP contribution is -2.61. The molecule has 0 aliphatic carbocycles. The normalized spacial score (nSPS) is 15.2. The highest BCUT2D eigenvalue weighted by Gasteiger charge is 2.46. The third-order valence-electron chi connectivity index (χ3n) is 9.71. The molecule has 0 spiro atoms. The van der Waals surface area contributed by atoms with Gasteiger partial charge in [-0.05, 0) is 102 Å². The molecule has 0 N–H and O–H groups in total. The van der Waals surface area contributed by atoms with E-state index in [1.54, 1.807) is 0 Å². The van der Waals surface area contributed by atoms with Crippen molar-refractivity contribution in [3.8, 4) is 0 Å². The highest BCUT2D eigenvalue weighted by atomic mass is 15.2. The van der Waals surface area contributed by atoms with Crippen molar-refractivity contribution in [1.82, 2.24) is 0 Å². The van der Waals surface area contributed by atoms with Crippen molar-refractivity contribution in [1.29, 1.82) is 0 Å². The van der Waals surface area contributed by atoms with E-state index >= 15 is 0 Å². The van der Waals surface area contributed by atoms with Gasteiger partial charge in [0.2, 0.25) is 0 Å². The van der Waals surface area contributed by atoms with Crippen LogP contribution >= 0.6 is 0 Å². The predicted octanol–water partition coefficient (Wildman–Crippen LogP) is 6.30. The van der Waals surface area contributed by atoms with Gasteiger partial charge in [0.1, 0.15) is 0 Å². The van der Waals surface area contributed by atoms with Gasteiger partial charge in [0, 0.05) is 47.2 Å². The molecule has 4 heteroatoms.